The summed E-state index contributed by atoms with van der Waals surface area (Å²) in [5.74, 6) is -0.0939. The molecule has 1 atom stereocenters. The predicted molar refractivity (Wildman–Crippen MR) is 164 cm³/mol. The molecule has 10 nitrogen and oxygen atoms in total. The van der Waals surface area contributed by atoms with Gasteiger partial charge in [0.2, 0.25) is 0 Å². The van der Waals surface area contributed by atoms with E-state index in [2.05, 4.69) is 15.8 Å². The average molecular weight is 673 g/mol. The Hall–Kier alpha value is -4.13. The normalized spacial score (nSPS) is 11.5. The Kier molecular flexibility index (Phi) is 11.9. The number of nitrogens with one attached hydrogen (secondary N) is 2. The Bertz CT molecular complexity index is 1380. The molecule has 3 amide bonds. The minimum atomic E-state index is -0.896. The number of halogens is 1. The molecule has 0 fully saturated rings. The number of hydrogen-bond donors (Lipinski definition) is 3. The number of ether oxygens (including phenoxy) is 3. The lowest BCUT2D eigenvalue weighted by Gasteiger charge is -2.18. The fourth-order valence-corrected chi connectivity index (χ4v) is 4.70. The summed E-state index contributed by atoms with van der Waals surface area (Å²) < 4.78 is 17.6. The van der Waals surface area contributed by atoms with Crippen LogP contribution in [0.1, 0.15) is 29.2 Å². The Morgan fingerprint density at radius 1 is 0.951 bits per heavy atom. The lowest BCUT2D eigenvalue weighted by Crippen LogP contribution is -2.48. The maximum atomic E-state index is 13.1. The Morgan fingerprint density at radius 3 is 2.29 bits per heavy atom. The molecule has 0 heterocycles. The lowest BCUT2D eigenvalue weighted by atomic mass is 10.1. The molecule has 0 spiro atoms. The molecule has 0 aliphatic heterocycles. The second-order valence-corrected chi connectivity index (χ2v) is 10.2. The van der Waals surface area contributed by atoms with E-state index >= 15 is 0 Å². The predicted octanol–water partition coefficient (Wildman–Crippen LogP) is 3.43. The van der Waals surface area contributed by atoms with E-state index in [-0.39, 0.29) is 19.6 Å². The number of aryl methyl sites for hydroxylation is 2. The van der Waals surface area contributed by atoms with E-state index in [0.717, 1.165) is 16.7 Å². The quantitative estimate of drug-likeness (QED) is 0.136. The topological polar surface area (TPSA) is 141 Å². The van der Waals surface area contributed by atoms with Gasteiger partial charge in [0.25, 0.3) is 17.7 Å². The van der Waals surface area contributed by atoms with Gasteiger partial charge in [-0.25, -0.2) is 5.43 Å². The summed E-state index contributed by atoms with van der Waals surface area (Å²) in [5, 5.41) is 6.86. The molecule has 0 saturated heterocycles. The number of para-hydroxylation sites is 1. The first-order valence-electron chi connectivity index (χ1n) is 12.9. The van der Waals surface area contributed by atoms with Crippen LogP contribution in [0.15, 0.2) is 65.8 Å². The third kappa shape index (κ3) is 9.78. The van der Waals surface area contributed by atoms with Gasteiger partial charge < -0.3 is 25.3 Å². The van der Waals surface area contributed by atoms with Crippen molar-refractivity contribution in [2.24, 2.45) is 10.8 Å². The number of benzene rings is 3. The van der Waals surface area contributed by atoms with Gasteiger partial charge >= 0.3 is 0 Å². The number of hydrogen-bond acceptors (Lipinski definition) is 7. The number of carbonyl (C=O) groups is 3. The molecule has 41 heavy (non-hydrogen) atoms. The minimum Gasteiger partial charge on any atom is -0.490 e. The van der Waals surface area contributed by atoms with Crippen molar-refractivity contribution in [1.82, 2.24) is 10.7 Å². The van der Waals surface area contributed by atoms with Gasteiger partial charge in [0.1, 0.15) is 11.8 Å². The fourth-order valence-electron chi connectivity index (χ4n) is 3.92. The zero-order valence-corrected chi connectivity index (χ0v) is 25.3. The van der Waals surface area contributed by atoms with Crippen LogP contribution in [-0.2, 0) is 20.8 Å². The van der Waals surface area contributed by atoms with E-state index in [4.69, 9.17) is 19.9 Å². The highest BCUT2D eigenvalue weighted by Gasteiger charge is 2.22. The molecular weight excluding hydrogens is 639 g/mol. The maximum Gasteiger partial charge on any atom is 0.262 e. The van der Waals surface area contributed by atoms with Crippen LogP contribution in [0.2, 0.25) is 0 Å². The zero-order chi connectivity index (χ0) is 29.8. The van der Waals surface area contributed by atoms with Gasteiger partial charge in [-0.2, -0.15) is 5.10 Å². The molecular formula is C30H33IN4O6. The van der Waals surface area contributed by atoms with E-state index in [1.165, 1.54) is 6.21 Å². The molecule has 0 aliphatic carbocycles. The molecule has 0 bridgehead atoms. The van der Waals surface area contributed by atoms with E-state index < -0.39 is 23.8 Å². The van der Waals surface area contributed by atoms with Crippen LogP contribution in [-0.4, -0.2) is 49.8 Å². The van der Waals surface area contributed by atoms with Crippen molar-refractivity contribution in [3.05, 3.63) is 86.5 Å². The van der Waals surface area contributed by atoms with Gasteiger partial charge in [-0.1, -0.05) is 48.5 Å². The summed E-state index contributed by atoms with van der Waals surface area (Å²) in [6, 6.07) is 17.6. The molecule has 216 valence electrons. The summed E-state index contributed by atoms with van der Waals surface area (Å²) in [6.45, 7) is 5.47. The number of primary amides is 1. The Balaban J connectivity index is 1.71. The molecule has 0 saturated carbocycles. The largest absolute Gasteiger partial charge is 0.490 e. The standard InChI is InChI=1S/C30H33IN4O6/c1-4-39-25-15-22(13-23(31)29(25)40-17-26(32)36)16-33-35-30(38)24(14-21-11-6-5-7-12-21)34-27(37)18-41-28-19(2)9-8-10-20(28)3/h5-13,15-16,24H,4,14,17-18H2,1-3H3,(H2,32,36)(H,34,37)(H,35,38)/b33-16-/t24-/m0/s1. The second kappa shape index (κ2) is 15.6. The minimum absolute atomic E-state index is 0.240. The van der Waals surface area contributed by atoms with Crippen LogP contribution in [0.5, 0.6) is 17.2 Å². The second-order valence-electron chi connectivity index (χ2n) is 9.07. The maximum absolute atomic E-state index is 13.1. The molecule has 3 aromatic rings. The molecule has 4 N–H and O–H groups in total. The van der Waals surface area contributed by atoms with E-state index in [1.807, 2.05) is 91.9 Å². The summed E-state index contributed by atoms with van der Waals surface area (Å²) in [4.78, 5) is 37.1. The van der Waals surface area contributed by atoms with Crippen molar-refractivity contribution < 1.29 is 28.6 Å². The van der Waals surface area contributed by atoms with Crippen molar-refractivity contribution in [2.45, 2.75) is 33.2 Å². The van der Waals surface area contributed by atoms with Crippen molar-refractivity contribution in [3.8, 4) is 17.2 Å². The van der Waals surface area contributed by atoms with Crippen molar-refractivity contribution in [2.75, 3.05) is 19.8 Å². The third-order valence-electron chi connectivity index (χ3n) is 5.77. The summed E-state index contributed by atoms with van der Waals surface area (Å²) in [7, 11) is 0. The van der Waals surface area contributed by atoms with E-state index in [9.17, 15) is 14.4 Å². The highest BCUT2D eigenvalue weighted by molar-refractivity contribution is 14.1. The molecule has 0 radical (unpaired) electrons. The van der Waals surface area contributed by atoms with E-state index in [0.29, 0.717) is 33.0 Å². The van der Waals surface area contributed by atoms with Crippen LogP contribution < -0.4 is 30.7 Å². The highest BCUT2D eigenvalue weighted by Crippen LogP contribution is 2.34. The monoisotopic (exact) mass is 672 g/mol. The van der Waals surface area contributed by atoms with Gasteiger partial charge in [-0.15, -0.1) is 0 Å². The number of carbonyl (C=O) groups excluding carboxylic acids is 3. The van der Waals surface area contributed by atoms with Gasteiger partial charge in [-0.3, -0.25) is 14.4 Å². The van der Waals surface area contributed by atoms with Gasteiger partial charge in [0.05, 0.1) is 16.4 Å². The molecule has 3 aromatic carbocycles. The first kappa shape index (κ1) is 31.4. The smallest absolute Gasteiger partial charge is 0.262 e. The number of amides is 3. The van der Waals surface area contributed by atoms with Crippen LogP contribution >= 0.6 is 22.6 Å². The molecule has 11 heteroatoms. The Morgan fingerprint density at radius 2 is 1.63 bits per heavy atom. The van der Waals surface area contributed by atoms with Gasteiger partial charge in [-0.05, 0) is 77.7 Å². The summed E-state index contributed by atoms with van der Waals surface area (Å²) in [6.07, 6.45) is 1.71. The average Bonchev–Trinajstić information content (AvgIpc) is 2.92. The van der Waals surface area contributed by atoms with Crippen LogP contribution in [0, 0.1) is 17.4 Å². The number of hydrazone groups is 1. The Labute approximate surface area is 252 Å². The van der Waals surface area contributed by atoms with Crippen molar-refractivity contribution >= 4 is 46.5 Å². The summed E-state index contributed by atoms with van der Waals surface area (Å²) in [5.41, 5.74) is 11.0. The molecule has 0 aliphatic rings. The van der Waals surface area contributed by atoms with Crippen LogP contribution in [0.25, 0.3) is 0 Å². The zero-order valence-electron chi connectivity index (χ0n) is 23.1. The van der Waals surface area contributed by atoms with Crippen LogP contribution in [0.3, 0.4) is 0 Å². The molecule has 0 aromatic heterocycles. The lowest BCUT2D eigenvalue weighted by molar-refractivity contribution is -0.130. The fraction of sp³-hybridized carbons (Fsp3) is 0.267. The van der Waals surface area contributed by atoms with E-state index in [1.54, 1.807) is 12.1 Å². The van der Waals surface area contributed by atoms with Gasteiger partial charge in [0.15, 0.2) is 24.7 Å². The van der Waals surface area contributed by atoms with Crippen molar-refractivity contribution in [1.29, 1.82) is 0 Å². The highest BCUT2D eigenvalue weighted by atomic mass is 127. The van der Waals surface area contributed by atoms with Crippen LogP contribution in [0.4, 0.5) is 0 Å². The number of nitrogens with two attached hydrogens (primary N) is 1. The third-order valence-corrected chi connectivity index (χ3v) is 6.57. The van der Waals surface area contributed by atoms with Gasteiger partial charge in [0, 0.05) is 6.42 Å². The first-order valence-corrected chi connectivity index (χ1v) is 14.0. The molecule has 0 unspecified atom stereocenters. The first-order chi connectivity index (χ1) is 19.7. The summed E-state index contributed by atoms with van der Waals surface area (Å²) >= 11 is 2.05. The SMILES string of the molecule is CCOc1cc(/C=N\NC(=O)[C@H](Cc2ccccc2)NC(=O)COc2c(C)cccc2C)cc(I)c1OCC(N)=O. The number of nitrogens with zero attached hydrogens (tertiary/aromatic N) is 1. The van der Waals surface area contributed by atoms with Crippen molar-refractivity contribution in [3.63, 3.8) is 0 Å². The molecule has 3 rings (SSSR count). The number of rotatable bonds is 14.